The van der Waals surface area contributed by atoms with Gasteiger partial charge in [0, 0.05) is 69.5 Å². The Morgan fingerprint density at radius 3 is 2.56 bits per heavy atom. The van der Waals surface area contributed by atoms with Gasteiger partial charge in [-0.25, -0.2) is 0 Å². The number of hydrogen-bond acceptors (Lipinski definition) is 7. The van der Waals surface area contributed by atoms with Gasteiger partial charge in [-0.15, -0.1) is 0 Å². The Morgan fingerprint density at radius 1 is 1.06 bits per heavy atom. The van der Waals surface area contributed by atoms with Crippen molar-refractivity contribution in [1.82, 2.24) is 34.1 Å². The van der Waals surface area contributed by atoms with Crippen LogP contribution in [0.25, 0.3) is 22.1 Å². The highest BCUT2D eigenvalue weighted by Gasteiger charge is 2.34. The Hall–Kier alpha value is -3.30. The Kier molecular flexibility index (Phi) is 6.53. The summed E-state index contributed by atoms with van der Waals surface area (Å²) in [5.74, 6) is 0. The maximum absolute atomic E-state index is 12.9. The van der Waals surface area contributed by atoms with Crippen molar-refractivity contribution in [2.75, 3.05) is 38.6 Å². The van der Waals surface area contributed by atoms with Crippen molar-refractivity contribution in [2.45, 2.75) is 45.4 Å². The number of likely N-dealkylation sites (N-methyl/N-ethyl adjacent to an activating group) is 1. The summed E-state index contributed by atoms with van der Waals surface area (Å²) in [6.45, 7) is 10.2. The fourth-order valence-electron chi connectivity index (χ4n) is 5.34. The van der Waals surface area contributed by atoms with Crippen LogP contribution in [-0.2, 0) is 13.6 Å². The molecule has 36 heavy (non-hydrogen) atoms. The van der Waals surface area contributed by atoms with Crippen LogP contribution in [0.4, 0.5) is 5.69 Å². The average Bonchev–Trinajstić information content (AvgIpc) is 3.30. The topological polar surface area (TPSA) is 75.3 Å². The smallest absolute Gasteiger partial charge is 0.252 e. The second-order valence-corrected chi connectivity index (χ2v) is 10.4. The summed E-state index contributed by atoms with van der Waals surface area (Å²) >= 11 is 0. The lowest BCUT2D eigenvalue weighted by molar-refractivity contribution is 0.119. The van der Waals surface area contributed by atoms with E-state index in [1.807, 2.05) is 17.9 Å². The third-order valence-corrected chi connectivity index (χ3v) is 7.53. The van der Waals surface area contributed by atoms with Crippen molar-refractivity contribution in [3.63, 3.8) is 0 Å². The molecule has 0 amide bonds. The molecule has 9 heteroatoms. The van der Waals surface area contributed by atoms with Crippen molar-refractivity contribution in [2.24, 2.45) is 7.05 Å². The predicted molar refractivity (Wildman–Crippen MR) is 144 cm³/mol. The van der Waals surface area contributed by atoms with E-state index in [-0.39, 0.29) is 17.6 Å². The van der Waals surface area contributed by atoms with E-state index in [1.165, 1.54) is 5.56 Å². The van der Waals surface area contributed by atoms with E-state index in [1.54, 1.807) is 23.0 Å². The molecule has 0 N–H and O–H groups in total. The number of piperazine rings is 1. The van der Waals surface area contributed by atoms with E-state index < -0.39 is 0 Å². The zero-order valence-electron chi connectivity index (χ0n) is 22.1. The maximum atomic E-state index is 12.9. The van der Waals surface area contributed by atoms with E-state index in [0.29, 0.717) is 6.04 Å². The Balaban J connectivity index is 1.43. The fraction of sp³-hybridized carbons (Fsp3) is 0.481. The molecule has 9 nitrogen and oxygen atoms in total. The van der Waals surface area contributed by atoms with Crippen LogP contribution in [0.5, 0.6) is 0 Å². The maximum Gasteiger partial charge on any atom is 0.252 e. The first kappa shape index (κ1) is 24.4. The summed E-state index contributed by atoms with van der Waals surface area (Å²) in [4.78, 5) is 28.8. The van der Waals surface area contributed by atoms with Crippen LogP contribution < -0.4 is 10.5 Å². The molecule has 5 rings (SSSR count). The third kappa shape index (κ3) is 4.49. The summed E-state index contributed by atoms with van der Waals surface area (Å²) in [5, 5.41) is 4.91. The molecule has 0 saturated carbocycles. The summed E-state index contributed by atoms with van der Waals surface area (Å²) in [6.07, 6.45) is 5.47. The van der Waals surface area contributed by atoms with E-state index >= 15 is 0 Å². The minimum absolute atomic E-state index is 0.00224. The van der Waals surface area contributed by atoms with Gasteiger partial charge in [-0.3, -0.25) is 24.3 Å². The van der Waals surface area contributed by atoms with Crippen molar-refractivity contribution >= 4 is 27.8 Å². The van der Waals surface area contributed by atoms with Gasteiger partial charge in [0.25, 0.3) is 5.56 Å². The molecule has 3 aromatic heterocycles. The van der Waals surface area contributed by atoms with Gasteiger partial charge in [-0.2, -0.15) is 5.10 Å². The highest BCUT2D eigenvalue weighted by atomic mass is 16.1. The van der Waals surface area contributed by atoms with Crippen molar-refractivity contribution in [3.8, 4) is 0 Å². The molecule has 4 heterocycles. The lowest BCUT2D eigenvalue weighted by Crippen LogP contribution is -2.57. The number of aromatic nitrogens is 5. The van der Waals surface area contributed by atoms with Crippen molar-refractivity contribution < 1.29 is 0 Å². The molecule has 1 aromatic carbocycles. The zero-order chi connectivity index (χ0) is 25.6. The third-order valence-electron chi connectivity index (χ3n) is 7.53. The van der Waals surface area contributed by atoms with Crippen LogP contribution in [0.2, 0.25) is 0 Å². The van der Waals surface area contributed by atoms with E-state index in [0.717, 1.165) is 53.9 Å². The summed E-state index contributed by atoms with van der Waals surface area (Å²) in [7, 11) is 5.94. The highest BCUT2D eigenvalue weighted by molar-refractivity contribution is 5.88. The summed E-state index contributed by atoms with van der Waals surface area (Å²) in [6, 6.07) is 8.90. The molecule has 0 spiro atoms. The van der Waals surface area contributed by atoms with Crippen molar-refractivity contribution in [1.29, 1.82) is 0 Å². The van der Waals surface area contributed by atoms with Gasteiger partial charge < -0.3 is 14.4 Å². The van der Waals surface area contributed by atoms with Gasteiger partial charge in [0.05, 0.1) is 28.8 Å². The molecule has 1 unspecified atom stereocenters. The first-order valence-electron chi connectivity index (χ1n) is 12.7. The van der Waals surface area contributed by atoms with Crippen molar-refractivity contribution in [3.05, 3.63) is 58.8 Å². The molecule has 0 bridgehead atoms. The number of aryl methyl sites for hydroxylation is 1. The molecule has 4 aromatic rings. The van der Waals surface area contributed by atoms with E-state index in [9.17, 15) is 4.79 Å². The van der Waals surface area contributed by atoms with Gasteiger partial charge in [0.15, 0.2) is 0 Å². The van der Waals surface area contributed by atoms with Crippen LogP contribution in [0.3, 0.4) is 0 Å². The molecular weight excluding hydrogens is 452 g/mol. The minimum Gasteiger partial charge on any atom is -0.364 e. The largest absolute Gasteiger partial charge is 0.364 e. The Bertz CT molecular complexity index is 1440. The first-order chi connectivity index (χ1) is 17.2. The summed E-state index contributed by atoms with van der Waals surface area (Å²) < 4.78 is 3.66. The molecule has 3 atom stereocenters. The van der Waals surface area contributed by atoms with Crippen LogP contribution in [0, 0.1) is 0 Å². The number of benzene rings is 1. The Labute approximate surface area is 212 Å². The number of rotatable bonds is 6. The molecule has 190 valence electrons. The van der Waals surface area contributed by atoms with Gasteiger partial charge in [-0.1, -0.05) is 6.07 Å². The zero-order valence-corrected chi connectivity index (χ0v) is 22.1. The monoisotopic (exact) mass is 488 g/mol. The molecule has 0 aliphatic carbocycles. The minimum atomic E-state index is -0.00224. The highest BCUT2D eigenvalue weighted by Crippen LogP contribution is 2.33. The first-order valence-corrected chi connectivity index (χ1v) is 12.7. The normalized spacial score (nSPS) is 20.0. The Morgan fingerprint density at radius 2 is 1.81 bits per heavy atom. The average molecular weight is 489 g/mol. The molecular formula is C27H36N8O. The van der Waals surface area contributed by atoms with Crippen LogP contribution in [0.1, 0.15) is 32.4 Å². The number of nitrogens with zero attached hydrogens (tertiary/aromatic N) is 8. The van der Waals surface area contributed by atoms with Gasteiger partial charge in [-0.05, 0) is 52.6 Å². The number of anilines is 1. The van der Waals surface area contributed by atoms with Gasteiger partial charge in [0.2, 0.25) is 0 Å². The standard InChI is InChI=1S/C27H36N8O/c1-18-16-35(24-14-26(36)32(6)25-17-33(30-27(24)25)12-11-31(4)5)19(2)15-34(18)20(3)21-7-8-22-23(13-21)29-10-9-28-22/h7-10,13-14,17-20H,11-12,15-16H2,1-6H3/t18-,19+,20?/m1/s1. The second kappa shape index (κ2) is 9.63. The van der Waals surface area contributed by atoms with Gasteiger partial charge in [0.1, 0.15) is 5.52 Å². The lowest BCUT2D eigenvalue weighted by atomic mass is 10.00. The quantitative estimate of drug-likeness (QED) is 0.413. The molecule has 0 radical (unpaired) electrons. The van der Waals surface area contributed by atoms with E-state index in [2.05, 4.69) is 77.7 Å². The number of pyridine rings is 1. The van der Waals surface area contributed by atoms with Crippen LogP contribution >= 0.6 is 0 Å². The van der Waals surface area contributed by atoms with Crippen LogP contribution in [-0.4, -0.2) is 79.9 Å². The number of fused-ring (bicyclic) bond motifs is 2. The van der Waals surface area contributed by atoms with E-state index in [4.69, 9.17) is 5.10 Å². The molecule has 1 aliphatic rings. The predicted octanol–water partition coefficient (Wildman–Crippen LogP) is 2.90. The number of hydrogen-bond donors (Lipinski definition) is 0. The lowest BCUT2D eigenvalue weighted by Gasteiger charge is -2.47. The molecule has 1 saturated heterocycles. The fourth-order valence-corrected chi connectivity index (χ4v) is 5.34. The van der Waals surface area contributed by atoms with Gasteiger partial charge >= 0.3 is 0 Å². The second-order valence-electron chi connectivity index (χ2n) is 10.4. The molecule has 1 aliphatic heterocycles. The summed E-state index contributed by atoms with van der Waals surface area (Å²) in [5.41, 5.74) is 5.79. The van der Waals surface area contributed by atoms with Crippen LogP contribution in [0.15, 0.2) is 47.7 Å². The SMILES string of the molecule is CC(c1ccc2nccnc2c1)N1C[C@H](C)N(c2cc(=O)n(C)c3cn(CCN(C)C)nc23)C[C@H]1C. The molecule has 1 fully saturated rings.